The Morgan fingerprint density at radius 1 is 1.34 bits per heavy atom. The van der Waals surface area contributed by atoms with Crippen molar-refractivity contribution in [3.63, 3.8) is 0 Å². The van der Waals surface area contributed by atoms with Crippen LogP contribution in [0.15, 0.2) is 6.33 Å². The highest BCUT2D eigenvalue weighted by Gasteiger charge is 2.30. The molecule has 0 aliphatic heterocycles. The summed E-state index contributed by atoms with van der Waals surface area (Å²) in [4.78, 5) is 35.1. The van der Waals surface area contributed by atoms with Crippen LogP contribution in [0.1, 0.15) is 45.4 Å². The van der Waals surface area contributed by atoms with Gasteiger partial charge in [-0.05, 0) is 6.42 Å². The number of hydrogen-bond donors (Lipinski definition) is 2. The number of aryl methyl sites for hydroxylation is 1. The SMILES string of the molecule is C#CC(CCn1cnc2c(N)nc(F)nc21)(COC(=O)CNC(=O)CCCCCC)OC. The summed E-state index contributed by atoms with van der Waals surface area (Å²) in [6, 6.07) is 0. The predicted molar refractivity (Wildman–Crippen MR) is 116 cm³/mol. The zero-order valence-electron chi connectivity index (χ0n) is 18.4. The van der Waals surface area contributed by atoms with Crippen LogP contribution in [-0.2, 0) is 25.6 Å². The van der Waals surface area contributed by atoms with Gasteiger partial charge in [-0.3, -0.25) is 9.59 Å². The van der Waals surface area contributed by atoms with Gasteiger partial charge in [-0.15, -0.1) is 6.42 Å². The number of imidazole rings is 1. The van der Waals surface area contributed by atoms with E-state index in [-0.39, 0.29) is 49.0 Å². The minimum atomic E-state index is -1.23. The van der Waals surface area contributed by atoms with Crippen molar-refractivity contribution in [3.8, 4) is 12.3 Å². The number of nitrogens with two attached hydrogens (primary N) is 1. The van der Waals surface area contributed by atoms with Gasteiger partial charge in [0.25, 0.3) is 0 Å². The minimum absolute atomic E-state index is 0.0671. The zero-order chi connectivity index (χ0) is 23.6. The molecule has 2 aromatic heterocycles. The topological polar surface area (TPSA) is 134 Å². The molecule has 1 amide bonds. The number of nitrogens with one attached hydrogen (secondary N) is 1. The first kappa shape index (κ1) is 25.0. The number of terminal acetylenes is 1. The molecule has 0 aromatic carbocycles. The second-order valence-corrected chi connectivity index (χ2v) is 7.33. The van der Waals surface area contributed by atoms with E-state index in [1.165, 1.54) is 13.4 Å². The molecule has 0 bridgehead atoms. The molecule has 0 saturated heterocycles. The highest BCUT2D eigenvalue weighted by molar-refractivity contribution is 5.82. The molecule has 0 radical (unpaired) electrons. The van der Waals surface area contributed by atoms with Gasteiger partial charge in [-0.2, -0.15) is 14.4 Å². The third-order valence-electron chi connectivity index (χ3n) is 5.03. The smallest absolute Gasteiger partial charge is 0.325 e. The first-order chi connectivity index (χ1) is 15.3. The predicted octanol–water partition coefficient (Wildman–Crippen LogP) is 1.59. The molecule has 1 atom stereocenters. The summed E-state index contributed by atoms with van der Waals surface area (Å²) in [7, 11) is 1.40. The second kappa shape index (κ2) is 12.0. The van der Waals surface area contributed by atoms with Gasteiger partial charge < -0.3 is 25.1 Å². The van der Waals surface area contributed by atoms with E-state index in [0.29, 0.717) is 6.42 Å². The fourth-order valence-electron chi connectivity index (χ4n) is 3.03. The number of carbonyl (C=O) groups excluding carboxylic acids is 2. The average molecular weight is 448 g/mol. The van der Waals surface area contributed by atoms with Crippen LogP contribution in [-0.4, -0.2) is 57.3 Å². The molecule has 32 heavy (non-hydrogen) atoms. The van der Waals surface area contributed by atoms with Crippen LogP contribution in [0.5, 0.6) is 0 Å². The summed E-state index contributed by atoms with van der Waals surface area (Å²) in [5.41, 5.74) is 4.92. The first-order valence-corrected chi connectivity index (χ1v) is 10.4. The zero-order valence-corrected chi connectivity index (χ0v) is 18.4. The Bertz CT molecular complexity index is 973. The van der Waals surface area contributed by atoms with Crippen molar-refractivity contribution in [1.29, 1.82) is 0 Å². The van der Waals surface area contributed by atoms with Gasteiger partial charge in [0.05, 0.1) is 6.33 Å². The lowest BCUT2D eigenvalue weighted by Gasteiger charge is -2.26. The number of methoxy groups -OCH3 is 1. The molecule has 10 nitrogen and oxygen atoms in total. The summed E-state index contributed by atoms with van der Waals surface area (Å²) in [6.07, 6.45) is 10.6. The molecule has 2 rings (SSSR count). The third-order valence-corrected chi connectivity index (χ3v) is 5.03. The molecular formula is C21H29FN6O4. The summed E-state index contributed by atoms with van der Waals surface area (Å²) in [5, 5.41) is 2.54. The number of unbranched alkanes of at least 4 members (excludes halogenated alkanes) is 3. The van der Waals surface area contributed by atoms with E-state index >= 15 is 0 Å². The van der Waals surface area contributed by atoms with Crippen LogP contribution in [0.3, 0.4) is 0 Å². The van der Waals surface area contributed by atoms with E-state index in [2.05, 4.69) is 33.1 Å². The van der Waals surface area contributed by atoms with Crippen molar-refractivity contribution in [2.75, 3.05) is 26.0 Å². The second-order valence-electron chi connectivity index (χ2n) is 7.33. The van der Waals surface area contributed by atoms with Crippen molar-refractivity contribution in [3.05, 3.63) is 12.4 Å². The number of aromatic nitrogens is 4. The number of hydrogen-bond acceptors (Lipinski definition) is 8. The number of carbonyl (C=O) groups is 2. The highest BCUT2D eigenvalue weighted by Crippen LogP contribution is 2.20. The Morgan fingerprint density at radius 2 is 2.12 bits per heavy atom. The number of fused-ring (bicyclic) bond motifs is 1. The van der Waals surface area contributed by atoms with Crippen molar-refractivity contribution in [1.82, 2.24) is 24.8 Å². The number of amides is 1. The van der Waals surface area contributed by atoms with Gasteiger partial charge in [-0.1, -0.05) is 32.1 Å². The molecular weight excluding hydrogens is 419 g/mol. The normalized spacial score (nSPS) is 12.8. The quantitative estimate of drug-likeness (QED) is 0.204. The molecule has 0 spiro atoms. The lowest BCUT2D eigenvalue weighted by Crippen LogP contribution is -2.39. The van der Waals surface area contributed by atoms with Gasteiger partial charge in [0.1, 0.15) is 18.7 Å². The Morgan fingerprint density at radius 3 is 2.81 bits per heavy atom. The van der Waals surface area contributed by atoms with Crippen LogP contribution in [0.4, 0.5) is 10.2 Å². The van der Waals surface area contributed by atoms with E-state index < -0.39 is 17.6 Å². The molecule has 1 unspecified atom stereocenters. The maximum atomic E-state index is 13.5. The standard InChI is InChI=1S/C21H29FN6O4/c1-4-6-7-8-9-15(29)24-12-16(30)32-13-21(5-2,31-3)10-11-28-14-25-17-18(23)26-20(22)27-19(17)28/h2,14H,4,6-13H2,1,3H3,(H,24,29)(H2,23,26,27). The summed E-state index contributed by atoms with van der Waals surface area (Å²) in [5.74, 6) is 1.61. The molecule has 3 N–H and O–H groups in total. The van der Waals surface area contributed by atoms with Crippen molar-refractivity contribution < 1.29 is 23.5 Å². The van der Waals surface area contributed by atoms with E-state index in [1.807, 2.05) is 0 Å². The van der Waals surface area contributed by atoms with E-state index in [0.717, 1.165) is 25.7 Å². The molecule has 0 saturated carbocycles. The summed E-state index contributed by atoms with van der Waals surface area (Å²) < 4.78 is 25.7. The fraction of sp³-hybridized carbons (Fsp3) is 0.571. The lowest BCUT2D eigenvalue weighted by molar-refractivity contribution is -0.150. The Hall–Kier alpha value is -3.26. The number of halogens is 1. The average Bonchev–Trinajstić information content (AvgIpc) is 3.19. The van der Waals surface area contributed by atoms with Gasteiger partial charge >= 0.3 is 12.0 Å². The number of esters is 1. The molecule has 174 valence electrons. The third kappa shape index (κ3) is 6.88. The number of ether oxygens (including phenoxy) is 2. The van der Waals surface area contributed by atoms with Crippen molar-refractivity contribution >= 4 is 28.9 Å². The van der Waals surface area contributed by atoms with E-state index in [4.69, 9.17) is 21.6 Å². The van der Waals surface area contributed by atoms with Crippen LogP contribution in [0.25, 0.3) is 11.2 Å². The summed E-state index contributed by atoms with van der Waals surface area (Å²) in [6.45, 7) is 1.87. The minimum Gasteiger partial charge on any atom is -0.460 e. The van der Waals surface area contributed by atoms with E-state index in [9.17, 15) is 14.0 Å². The van der Waals surface area contributed by atoms with Gasteiger partial charge in [0.15, 0.2) is 17.1 Å². The number of anilines is 1. The molecule has 0 aliphatic rings. The Labute approximate surface area is 186 Å². The molecule has 11 heteroatoms. The maximum Gasteiger partial charge on any atom is 0.325 e. The Balaban J connectivity index is 1.88. The monoisotopic (exact) mass is 448 g/mol. The van der Waals surface area contributed by atoms with Gasteiger partial charge in [0.2, 0.25) is 5.91 Å². The van der Waals surface area contributed by atoms with Crippen LogP contribution < -0.4 is 11.1 Å². The summed E-state index contributed by atoms with van der Waals surface area (Å²) >= 11 is 0. The van der Waals surface area contributed by atoms with Gasteiger partial charge in [-0.25, -0.2) is 4.98 Å². The molecule has 2 heterocycles. The number of rotatable bonds is 13. The first-order valence-electron chi connectivity index (χ1n) is 10.4. The molecule has 0 fully saturated rings. The lowest BCUT2D eigenvalue weighted by atomic mass is 10.0. The largest absolute Gasteiger partial charge is 0.460 e. The van der Waals surface area contributed by atoms with Crippen LogP contribution in [0.2, 0.25) is 0 Å². The highest BCUT2D eigenvalue weighted by atomic mass is 19.1. The van der Waals surface area contributed by atoms with Crippen molar-refractivity contribution in [2.45, 2.75) is 57.6 Å². The maximum absolute atomic E-state index is 13.5. The molecule has 0 aliphatic carbocycles. The van der Waals surface area contributed by atoms with Crippen molar-refractivity contribution in [2.24, 2.45) is 0 Å². The fourth-order valence-corrected chi connectivity index (χ4v) is 3.03. The van der Waals surface area contributed by atoms with E-state index in [1.54, 1.807) is 4.57 Å². The van der Waals surface area contributed by atoms with Crippen LogP contribution >= 0.6 is 0 Å². The number of nitrogen functional groups attached to an aromatic ring is 1. The van der Waals surface area contributed by atoms with Crippen LogP contribution in [0, 0.1) is 18.4 Å². The number of nitrogens with zero attached hydrogens (tertiary/aromatic N) is 4. The molecule has 2 aromatic rings. The Kier molecular flexibility index (Phi) is 9.34. The van der Waals surface area contributed by atoms with Gasteiger partial charge in [0, 0.05) is 26.5 Å².